The van der Waals surface area contributed by atoms with Crippen molar-refractivity contribution >= 4 is 27.7 Å². The van der Waals surface area contributed by atoms with Gasteiger partial charge in [-0.3, -0.25) is 14.2 Å². The number of carboxylic acid groups (broad SMARTS) is 1. The third-order valence-electron chi connectivity index (χ3n) is 6.14. The summed E-state index contributed by atoms with van der Waals surface area (Å²) in [7, 11) is -3.94. The summed E-state index contributed by atoms with van der Waals surface area (Å²) in [4.78, 5) is 39.2. The number of carbonyl (C=O) groups excluding carboxylic acids is 1. The van der Waals surface area contributed by atoms with Gasteiger partial charge < -0.3 is 10.0 Å². The highest BCUT2D eigenvalue weighted by Gasteiger charge is 2.35. The van der Waals surface area contributed by atoms with Gasteiger partial charge in [-0.2, -0.15) is 5.26 Å². The fraction of sp³-hybridized carbons (Fsp3) is 0.360. The largest absolute Gasteiger partial charge is 0.477 e. The molecule has 0 aliphatic carbocycles. The Hall–Kier alpha value is -3.91. The van der Waals surface area contributed by atoms with Crippen molar-refractivity contribution in [3.63, 3.8) is 0 Å². The van der Waals surface area contributed by atoms with Gasteiger partial charge in [0.1, 0.15) is 17.5 Å². The van der Waals surface area contributed by atoms with E-state index in [2.05, 4.69) is 6.58 Å². The van der Waals surface area contributed by atoms with Gasteiger partial charge in [0.25, 0.3) is 5.56 Å². The Bertz CT molecular complexity index is 1350. The number of anilines is 1. The number of aromatic carboxylic acids is 1. The standard InChI is InChI=1S/C25H28N4O6S/c1-3-12-29(36(34,35)17-18-8-6-5-7-9-18)23(30)19-10-13-27(14-11-19)22-20(16-26)15-21(25(32)33)24(31)28(22)4-2/h3,5-9,15,19H,1,4,10-14,17H2,2H3,(H,32,33). The van der Waals surface area contributed by atoms with E-state index in [1.807, 2.05) is 6.07 Å². The highest BCUT2D eigenvalue weighted by molar-refractivity contribution is 7.88. The number of sulfonamides is 1. The first-order valence-electron chi connectivity index (χ1n) is 11.5. The van der Waals surface area contributed by atoms with Crippen molar-refractivity contribution < 1.29 is 23.1 Å². The van der Waals surface area contributed by atoms with Gasteiger partial charge >= 0.3 is 5.97 Å². The van der Waals surface area contributed by atoms with Crippen LogP contribution in [0.3, 0.4) is 0 Å². The molecule has 0 atom stereocenters. The normalized spacial score (nSPS) is 14.2. The summed E-state index contributed by atoms with van der Waals surface area (Å²) in [5.74, 6) is -2.50. The molecule has 1 saturated heterocycles. The first-order valence-corrected chi connectivity index (χ1v) is 13.1. The summed E-state index contributed by atoms with van der Waals surface area (Å²) < 4.78 is 28.3. The van der Waals surface area contributed by atoms with E-state index in [0.717, 1.165) is 10.4 Å². The van der Waals surface area contributed by atoms with E-state index in [-0.39, 0.29) is 37.5 Å². The van der Waals surface area contributed by atoms with Gasteiger partial charge in [0.2, 0.25) is 15.9 Å². The number of piperidine rings is 1. The Balaban J connectivity index is 1.82. The molecule has 0 radical (unpaired) electrons. The number of nitriles is 1. The number of aromatic nitrogens is 1. The zero-order valence-corrected chi connectivity index (χ0v) is 20.8. The minimum Gasteiger partial charge on any atom is -0.477 e. The van der Waals surface area contributed by atoms with Crippen LogP contribution < -0.4 is 10.5 Å². The second kappa shape index (κ2) is 11.2. The van der Waals surface area contributed by atoms with Crippen LogP contribution in [-0.4, -0.2) is 53.9 Å². The highest BCUT2D eigenvalue weighted by Crippen LogP contribution is 2.28. The summed E-state index contributed by atoms with van der Waals surface area (Å²) >= 11 is 0. The average molecular weight is 513 g/mol. The highest BCUT2D eigenvalue weighted by atomic mass is 32.2. The summed E-state index contributed by atoms with van der Waals surface area (Å²) in [6.07, 6.45) is 1.98. The number of rotatable bonds is 9. The lowest BCUT2D eigenvalue weighted by molar-refractivity contribution is -0.130. The van der Waals surface area contributed by atoms with Crippen LogP contribution in [0, 0.1) is 17.2 Å². The number of pyridine rings is 1. The number of benzene rings is 1. The topological polar surface area (TPSA) is 141 Å². The number of carboxylic acids is 1. The molecule has 1 aromatic carbocycles. The molecule has 0 spiro atoms. The van der Waals surface area contributed by atoms with E-state index < -0.39 is 38.9 Å². The van der Waals surface area contributed by atoms with Crippen LogP contribution in [0.5, 0.6) is 0 Å². The molecule has 0 bridgehead atoms. The Kier molecular flexibility index (Phi) is 8.32. The number of hydrogen-bond donors (Lipinski definition) is 1. The van der Waals surface area contributed by atoms with E-state index >= 15 is 0 Å². The predicted octanol–water partition coefficient (Wildman–Crippen LogP) is 2.20. The van der Waals surface area contributed by atoms with Gasteiger partial charge in [-0.05, 0) is 31.4 Å². The predicted molar refractivity (Wildman–Crippen MR) is 134 cm³/mol. The van der Waals surface area contributed by atoms with Crippen LogP contribution in [0.25, 0.3) is 0 Å². The van der Waals surface area contributed by atoms with Crippen LogP contribution in [0.2, 0.25) is 0 Å². The van der Waals surface area contributed by atoms with Gasteiger partial charge in [0, 0.05) is 25.6 Å². The lowest BCUT2D eigenvalue weighted by Gasteiger charge is -2.36. The SMILES string of the molecule is C=CCN(C(=O)C1CCN(c2c(C#N)cc(C(=O)O)c(=O)n2CC)CC1)S(=O)(=O)Cc1ccccc1. The quantitative estimate of drug-likeness (QED) is 0.504. The minimum absolute atomic E-state index is 0.0531. The summed E-state index contributed by atoms with van der Waals surface area (Å²) in [5, 5.41) is 18.9. The van der Waals surface area contributed by atoms with E-state index in [1.54, 1.807) is 42.2 Å². The molecule has 1 N–H and O–H groups in total. The van der Waals surface area contributed by atoms with Gasteiger partial charge in [0.15, 0.2) is 0 Å². The average Bonchev–Trinajstić information content (AvgIpc) is 2.86. The van der Waals surface area contributed by atoms with Gasteiger partial charge in [0.05, 0.1) is 17.9 Å². The van der Waals surface area contributed by atoms with Gasteiger partial charge in [-0.1, -0.05) is 36.4 Å². The van der Waals surface area contributed by atoms with Crippen molar-refractivity contribution in [1.82, 2.24) is 8.87 Å². The Morgan fingerprint density at radius 2 is 1.89 bits per heavy atom. The van der Waals surface area contributed by atoms with E-state index in [1.165, 1.54) is 10.6 Å². The number of hydrogen-bond acceptors (Lipinski definition) is 7. The maximum atomic E-state index is 13.3. The fourth-order valence-corrected chi connectivity index (χ4v) is 5.92. The van der Waals surface area contributed by atoms with Crippen LogP contribution >= 0.6 is 0 Å². The van der Waals surface area contributed by atoms with E-state index in [9.17, 15) is 33.2 Å². The molecule has 0 unspecified atom stereocenters. The molecule has 190 valence electrons. The molecule has 1 aliphatic rings. The Morgan fingerprint density at radius 1 is 1.25 bits per heavy atom. The molecule has 11 heteroatoms. The second-order valence-electron chi connectivity index (χ2n) is 8.42. The molecular formula is C25H28N4O6S. The van der Waals surface area contributed by atoms with E-state index in [4.69, 9.17) is 0 Å². The smallest absolute Gasteiger partial charge is 0.341 e. The molecule has 10 nitrogen and oxygen atoms in total. The monoisotopic (exact) mass is 512 g/mol. The van der Waals surface area contributed by atoms with Crippen molar-refractivity contribution in [1.29, 1.82) is 5.26 Å². The number of carbonyl (C=O) groups is 2. The molecule has 1 aliphatic heterocycles. The third kappa shape index (κ3) is 5.49. The van der Waals surface area contributed by atoms with Crippen molar-refractivity contribution in [2.24, 2.45) is 5.92 Å². The molecule has 3 rings (SSSR count). The zero-order valence-electron chi connectivity index (χ0n) is 20.0. The lowest BCUT2D eigenvalue weighted by Crippen LogP contribution is -2.46. The van der Waals surface area contributed by atoms with E-state index in [0.29, 0.717) is 24.2 Å². The van der Waals surface area contributed by atoms with Gasteiger partial charge in [-0.25, -0.2) is 17.5 Å². The molecule has 2 heterocycles. The molecule has 36 heavy (non-hydrogen) atoms. The lowest BCUT2D eigenvalue weighted by atomic mass is 9.95. The molecule has 1 fully saturated rings. The molecule has 1 amide bonds. The Morgan fingerprint density at radius 3 is 2.42 bits per heavy atom. The van der Waals surface area contributed by atoms with Crippen molar-refractivity contribution in [2.75, 3.05) is 24.5 Å². The van der Waals surface area contributed by atoms with Crippen molar-refractivity contribution in [3.05, 3.63) is 76.1 Å². The Labute approximate surface area is 209 Å². The summed E-state index contributed by atoms with van der Waals surface area (Å²) in [6.45, 7) is 5.87. The van der Waals surface area contributed by atoms with Crippen LogP contribution in [0.1, 0.15) is 41.3 Å². The molecule has 0 saturated carbocycles. The van der Waals surface area contributed by atoms with Crippen molar-refractivity contribution in [2.45, 2.75) is 32.1 Å². The minimum atomic E-state index is -3.94. The van der Waals surface area contributed by atoms with Crippen molar-refractivity contribution in [3.8, 4) is 6.07 Å². The number of amides is 1. The summed E-state index contributed by atoms with van der Waals surface area (Å²) in [5.41, 5.74) is -0.565. The molecular weight excluding hydrogens is 484 g/mol. The molecule has 2 aromatic rings. The second-order valence-corrected chi connectivity index (χ2v) is 10.3. The summed E-state index contributed by atoms with van der Waals surface area (Å²) in [6, 6.07) is 11.7. The zero-order chi connectivity index (χ0) is 26.5. The van der Waals surface area contributed by atoms with Crippen LogP contribution in [0.15, 0.2) is 53.8 Å². The molecule has 1 aromatic heterocycles. The third-order valence-corrected chi connectivity index (χ3v) is 7.84. The maximum absolute atomic E-state index is 13.3. The van der Waals surface area contributed by atoms with Crippen LogP contribution in [-0.2, 0) is 27.1 Å². The number of nitrogens with zero attached hydrogens (tertiary/aromatic N) is 4. The first-order chi connectivity index (χ1) is 17.1. The van der Waals surface area contributed by atoms with Gasteiger partial charge in [-0.15, -0.1) is 6.58 Å². The first kappa shape index (κ1) is 26.7. The maximum Gasteiger partial charge on any atom is 0.341 e. The fourth-order valence-electron chi connectivity index (χ4n) is 4.39. The van der Waals surface area contributed by atoms with Crippen LogP contribution in [0.4, 0.5) is 5.82 Å².